The smallest absolute Gasteiger partial charge is 0.328 e. The predicted molar refractivity (Wildman–Crippen MR) is 75.9 cm³/mol. The molecule has 1 aliphatic heterocycles. The number of hydrogen-bond acceptors (Lipinski definition) is 5. The Morgan fingerprint density at radius 1 is 1.27 bits per heavy atom. The average molecular weight is 305 g/mol. The Bertz CT molecular complexity index is 769. The summed E-state index contributed by atoms with van der Waals surface area (Å²) in [5.41, 5.74) is -1.27. The van der Waals surface area contributed by atoms with Crippen LogP contribution in [0.4, 0.5) is 0 Å². The molecule has 0 bridgehead atoms. The number of carbonyl (C=O) groups excluding carboxylic acids is 1. The zero-order valence-corrected chi connectivity index (χ0v) is 11.8. The Morgan fingerprint density at radius 3 is 2.73 bits per heavy atom. The van der Waals surface area contributed by atoms with Crippen molar-refractivity contribution >= 4 is 5.91 Å². The number of ether oxygens (including phenoxy) is 1. The van der Waals surface area contributed by atoms with Gasteiger partial charge >= 0.3 is 5.69 Å². The molecular formula is C14H15N3O5. The largest absolute Gasteiger partial charge is 0.467 e. The van der Waals surface area contributed by atoms with Crippen LogP contribution >= 0.6 is 0 Å². The molecule has 22 heavy (non-hydrogen) atoms. The summed E-state index contributed by atoms with van der Waals surface area (Å²) in [6.45, 7) is 1.71. The molecule has 8 heteroatoms. The lowest BCUT2D eigenvalue weighted by molar-refractivity contribution is 0.0301. The second-order valence-electron chi connectivity index (χ2n) is 4.88. The number of aromatic amines is 1. The molecule has 0 spiro atoms. The van der Waals surface area contributed by atoms with Crippen LogP contribution in [-0.4, -0.2) is 46.7 Å². The summed E-state index contributed by atoms with van der Waals surface area (Å²) in [5, 5.41) is 0. The molecule has 1 amide bonds. The third kappa shape index (κ3) is 2.73. The zero-order valence-electron chi connectivity index (χ0n) is 11.8. The van der Waals surface area contributed by atoms with Crippen molar-refractivity contribution in [2.45, 2.75) is 6.54 Å². The molecule has 0 aliphatic carbocycles. The summed E-state index contributed by atoms with van der Waals surface area (Å²) in [6, 6.07) is 3.32. The second kappa shape index (κ2) is 6.02. The Kier molecular flexibility index (Phi) is 3.92. The quantitative estimate of drug-likeness (QED) is 0.836. The standard InChI is InChI=1S/C14H15N3O5/c18-12(16-3-6-21-7-4-16)11-8-15-14(20)17(13(11)19)9-10-2-1-5-22-10/h1-2,5,8H,3-4,6-7,9H2,(H,15,20). The zero-order chi connectivity index (χ0) is 15.5. The number of aromatic nitrogens is 2. The average Bonchev–Trinajstić information content (AvgIpc) is 3.05. The molecular weight excluding hydrogens is 290 g/mol. The van der Waals surface area contributed by atoms with E-state index in [4.69, 9.17) is 9.15 Å². The summed E-state index contributed by atoms with van der Waals surface area (Å²) >= 11 is 0. The first-order valence-corrected chi connectivity index (χ1v) is 6.89. The minimum atomic E-state index is -0.628. The SMILES string of the molecule is O=C(c1c[nH]c(=O)n(Cc2ccco2)c1=O)N1CCOCC1. The van der Waals surface area contributed by atoms with Gasteiger partial charge in [-0.05, 0) is 12.1 Å². The monoisotopic (exact) mass is 305 g/mol. The molecule has 3 heterocycles. The van der Waals surface area contributed by atoms with Crippen LogP contribution in [0.15, 0.2) is 38.6 Å². The highest BCUT2D eigenvalue weighted by atomic mass is 16.5. The van der Waals surface area contributed by atoms with Gasteiger partial charge in [-0.3, -0.25) is 14.2 Å². The lowest BCUT2D eigenvalue weighted by Crippen LogP contribution is -2.45. The molecule has 0 atom stereocenters. The molecule has 8 nitrogen and oxygen atoms in total. The van der Waals surface area contributed by atoms with Gasteiger partial charge in [0.05, 0.1) is 26.0 Å². The Hall–Kier alpha value is -2.61. The fourth-order valence-electron chi connectivity index (χ4n) is 2.30. The molecule has 0 unspecified atom stereocenters. The number of nitrogens with zero attached hydrogens (tertiary/aromatic N) is 2. The van der Waals surface area contributed by atoms with E-state index in [1.165, 1.54) is 17.4 Å². The highest BCUT2D eigenvalue weighted by molar-refractivity contribution is 5.93. The Labute approximate surface area is 124 Å². The van der Waals surface area contributed by atoms with E-state index >= 15 is 0 Å². The van der Waals surface area contributed by atoms with E-state index in [0.29, 0.717) is 32.1 Å². The van der Waals surface area contributed by atoms with E-state index in [9.17, 15) is 14.4 Å². The van der Waals surface area contributed by atoms with Crippen molar-refractivity contribution in [3.63, 3.8) is 0 Å². The van der Waals surface area contributed by atoms with Crippen molar-refractivity contribution in [2.24, 2.45) is 0 Å². The van der Waals surface area contributed by atoms with Crippen molar-refractivity contribution < 1.29 is 13.9 Å². The summed E-state index contributed by atoms with van der Waals surface area (Å²) in [4.78, 5) is 40.6. The van der Waals surface area contributed by atoms with Gasteiger partial charge in [-0.15, -0.1) is 0 Å². The lowest BCUT2D eigenvalue weighted by Gasteiger charge is -2.26. The fourth-order valence-corrected chi connectivity index (χ4v) is 2.30. The third-order valence-corrected chi connectivity index (χ3v) is 3.48. The Balaban J connectivity index is 1.94. The van der Waals surface area contributed by atoms with Crippen molar-refractivity contribution in [2.75, 3.05) is 26.3 Å². The number of furan rings is 1. The number of rotatable bonds is 3. The van der Waals surface area contributed by atoms with Gasteiger partial charge in [0.1, 0.15) is 11.3 Å². The minimum absolute atomic E-state index is 0.0224. The highest BCUT2D eigenvalue weighted by Crippen LogP contribution is 2.04. The molecule has 0 saturated carbocycles. The van der Waals surface area contributed by atoms with Gasteiger partial charge in [0.2, 0.25) is 0 Å². The van der Waals surface area contributed by atoms with Crippen LogP contribution in [0.5, 0.6) is 0 Å². The molecule has 0 radical (unpaired) electrons. The van der Waals surface area contributed by atoms with Gasteiger partial charge in [0, 0.05) is 19.3 Å². The first-order valence-electron chi connectivity index (χ1n) is 6.89. The molecule has 3 rings (SSSR count). The Morgan fingerprint density at radius 2 is 2.05 bits per heavy atom. The van der Waals surface area contributed by atoms with Crippen LogP contribution in [0.25, 0.3) is 0 Å². The summed E-state index contributed by atoms with van der Waals surface area (Å²) in [6.07, 6.45) is 2.62. The first kappa shape index (κ1) is 14.3. The van der Waals surface area contributed by atoms with E-state index in [1.54, 1.807) is 12.1 Å². The molecule has 1 aliphatic rings. The molecule has 2 aromatic rings. The second-order valence-corrected chi connectivity index (χ2v) is 4.88. The number of morpholine rings is 1. The topological polar surface area (TPSA) is 97.5 Å². The summed E-state index contributed by atoms with van der Waals surface area (Å²) < 4.78 is 11.3. The van der Waals surface area contributed by atoms with Crippen molar-refractivity contribution in [1.29, 1.82) is 0 Å². The number of hydrogen-bond donors (Lipinski definition) is 1. The number of amides is 1. The van der Waals surface area contributed by atoms with Crippen LogP contribution in [0.2, 0.25) is 0 Å². The maximum Gasteiger partial charge on any atom is 0.328 e. The summed E-state index contributed by atoms with van der Waals surface area (Å²) in [5.74, 6) is 0.0568. The van der Waals surface area contributed by atoms with E-state index in [1.807, 2.05) is 0 Å². The van der Waals surface area contributed by atoms with Crippen molar-refractivity contribution in [3.05, 3.63) is 56.8 Å². The molecule has 1 N–H and O–H groups in total. The van der Waals surface area contributed by atoms with Gasteiger partial charge in [0.25, 0.3) is 11.5 Å². The first-order chi connectivity index (χ1) is 10.7. The fraction of sp³-hybridized carbons (Fsp3) is 0.357. The van der Waals surface area contributed by atoms with Crippen LogP contribution in [0.3, 0.4) is 0 Å². The predicted octanol–water partition coefficient (Wildman–Crippen LogP) is -0.350. The van der Waals surface area contributed by atoms with Gasteiger partial charge < -0.3 is 19.0 Å². The minimum Gasteiger partial charge on any atom is -0.467 e. The molecule has 116 valence electrons. The van der Waals surface area contributed by atoms with Gasteiger partial charge in [0.15, 0.2) is 0 Å². The summed E-state index contributed by atoms with van der Waals surface area (Å²) in [7, 11) is 0. The molecule has 2 aromatic heterocycles. The van der Waals surface area contributed by atoms with E-state index < -0.39 is 17.2 Å². The molecule has 1 saturated heterocycles. The maximum atomic E-state index is 12.4. The van der Waals surface area contributed by atoms with Crippen molar-refractivity contribution in [3.8, 4) is 0 Å². The van der Waals surface area contributed by atoms with Crippen LogP contribution in [0, 0.1) is 0 Å². The normalized spacial score (nSPS) is 15.0. The van der Waals surface area contributed by atoms with Gasteiger partial charge in [-0.2, -0.15) is 0 Å². The maximum absolute atomic E-state index is 12.4. The van der Waals surface area contributed by atoms with Crippen LogP contribution < -0.4 is 11.2 Å². The third-order valence-electron chi connectivity index (χ3n) is 3.48. The number of nitrogens with one attached hydrogen (secondary N) is 1. The van der Waals surface area contributed by atoms with Crippen LogP contribution in [-0.2, 0) is 11.3 Å². The van der Waals surface area contributed by atoms with E-state index in [-0.39, 0.29) is 12.1 Å². The van der Waals surface area contributed by atoms with E-state index in [0.717, 1.165) is 4.57 Å². The van der Waals surface area contributed by atoms with Crippen LogP contribution in [0.1, 0.15) is 16.1 Å². The highest BCUT2D eigenvalue weighted by Gasteiger charge is 2.22. The van der Waals surface area contributed by atoms with Gasteiger partial charge in [-0.25, -0.2) is 4.79 Å². The van der Waals surface area contributed by atoms with Gasteiger partial charge in [-0.1, -0.05) is 0 Å². The molecule has 0 aromatic carbocycles. The molecule has 1 fully saturated rings. The number of H-pyrrole nitrogens is 1. The number of carbonyl (C=O) groups is 1. The van der Waals surface area contributed by atoms with Crippen molar-refractivity contribution in [1.82, 2.24) is 14.5 Å². The lowest BCUT2D eigenvalue weighted by atomic mass is 10.2. The van der Waals surface area contributed by atoms with E-state index in [2.05, 4.69) is 4.98 Å².